The third-order valence-electron chi connectivity index (χ3n) is 2.99. The Morgan fingerprint density at radius 3 is 3.06 bits per heavy atom. The number of nitrogens with one attached hydrogen (secondary N) is 1. The molecule has 1 aliphatic carbocycles. The van der Waals surface area contributed by atoms with E-state index >= 15 is 0 Å². The average molecular weight is 222 g/mol. The smallest absolute Gasteiger partial charge is 0.164 e. The van der Waals surface area contributed by atoms with Gasteiger partial charge in [0.25, 0.3) is 0 Å². The second-order valence-corrected chi connectivity index (χ2v) is 4.93. The van der Waals surface area contributed by atoms with Crippen molar-refractivity contribution in [2.24, 2.45) is 5.92 Å². The van der Waals surface area contributed by atoms with Crippen LogP contribution in [0.1, 0.15) is 45.4 Å². The zero-order valence-electron chi connectivity index (χ0n) is 10.3. The second-order valence-electron chi connectivity index (χ2n) is 4.93. The van der Waals surface area contributed by atoms with E-state index in [-0.39, 0.29) is 0 Å². The van der Waals surface area contributed by atoms with Crippen LogP contribution in [0, 0.1) is 5.92 Å². The summed E-state index contributed by atoms with van der Waals surface area (Å²) in [5, 5.41) is 7.90. The molecule has 0 spiro atoms. The molecule has 1 aromatic rings. The van der Waals surface area contributed by atoms with E-state index in [0.717, 1.165) is 25.0 Å². The lowest BCUT2D eigenvalue weighted by Crippen LogP contribution is -2.16. The monoisotopic (exact) mass is 222 g/mol. The van der Waals surface area contributed by atoms with Gasteiger partial charge in [-0.05, 0) is 25.2 Å². The van der Waals surface area contributed by atoms with E-state index in [9.17, 15) is 0 Å². The first-order valence-corrected chi connectivity index (χ1v) is 6.39. The highest BCUT2D eigenvalue weighted by atomic mass is 15.3. The summed E-state index contributed by atoms with van der Waals surface area (Å²) in [5.74, 6) is 1.62. The van der Waals surface area contributed by atoms with Crippen molar-refractivity contribution < 1.29 is 0 Å². The topological polar surface area (TPSA) is 42.7 Å². The Balaban J connectivity index is 1.76. The fourth-order valence-electron chi connectivity index (χ4n) is 1.93. The maximum absolute atomic E-state index is 4.48. The molecular weight excluding hydrogens is 200 g/mol. The lowest BCUT2D eigenvalue weighted by molar-refractivity contribution is 0.417. The maximum Gasteiger partial charge on any atom is 0.164 e. The Labute approximate surface area is 97.5 Å². The Bertz CT molecular complexity index is 317. The fourth-order valence-corrected chi connectivity index (χ4v) is 1.93. The number of nitrogens with zero attached hydrogens (tertiary/aromatic N) is 3. The first-order valence-electron chi connectivity index (χ1n) is 6.39. The number of aromatic nitrogens is 3. The van der Waals surface area contributed by atoms with Gasteiger partial charge in [0.2, 0.25) is 0 Å². The maximum atomic E-state index is 4.48. The normalized spacial score (nSPS) is 17.6. The van der Waals surface area contributed by atoms with Gasteiger partial charge in [-0.25, -0.2) is 4.98 Å². The van der Waals surface area contributed by atoms with Crippen molar-refractivity contribution in [1.82, 2.24) is 20.1 Å². The Morgan fingerprint density at radius 1 is 1.56 bits per heavy atom. The van der Waals surface area contributed by atoms with Crippen LogP contribution in [0.2, 0.25) is 0 Å². The third kappa shape index (κ3) is 3.59. The molecule has 2 rings (SSSR count). The molecule has 0 aliphatic heterocycles. The van der Waals surface area contributed by atoms with E-state index in [1.54, 1.807) is 0 Å². The third-order valence-corrected chi connectivity index (χ3v) is 2.99. The highest BCUT2D eigenvalue weighted by Gasteiger charge is 2.20. The van der Waals surface area contributed by atoms with Crippen LogP contribution < -0.4 is 5.32 Å². The number of hydrogen-bond donors (Lipinski definition) is 1. The van der Waals surface area contributed by atoms with E-state index in [1.165, 1.54) is 25.7 Å². The minimum Gasteiger partial charge on any atom is -0.307 e. The molecule has 90 valence electrons. The largest absolute Gasteiger partial charge is 0.307 e. The highest BCUT2D eigenvalue weighted by molar-refractivity contribution is 4.87. The first-order chi connectivity index (χ1) is 7.78. The predicted octanol–water partition coefficient (Wildman–Crippen LogP) is 1.97. The highest BCUT2D eigenvalue weighted by Crippen LogP contribution is 2.18. The molecule has 1 unspecified atom stereocenters. The average Bonchev–Trinajstić information content (AvgIpc) is 2.98. The van der Waals surface area contributed by atoms with Crippen LogP contribution in [0.15, 0.2) is 6.33 Å². The lowest BCUT2D eigenvalue weighted by Gasteiger charge is -2.08. The first kappa shape index (κ1) is 11.6. The van der Waals surface area contributed by atoms with E-state index in [4.69, 9.17) is 0 Å². The minimum atomic E-state index is 0.691. The second kappa shape index (κ2) is 5.43. The SMILES string of the molecule is CCCC(C)Cn1cnc(CNC2CC2)n1. The predicted molar refractivity (Wildman–Crippen MR) is 64.0 cm³/mol. The van der Waals surface area contributed by atoms with Crippen molar-refractivity contribution in [3.05, 3.63) is 12.2 Å². The van der Waals surface area contributed by atoms with Gasteiger partial charge in [0, 0.05) is 12.6 Å². The molecule has 4 nitrogen and oxygen atoms in total. The summed E-state index contributed by atoms with van der Waals surface area (Å²) in [6.45, 7) is 6.31. The van der Waals surface area contributed by atoms with Crippen LogP contribution in [0.4, 0.5) is 0 Å². The van der Waals surface area contributed by atoms with Crippen molar-refractivity contribution in [3.8, 4) is 0 Å². The molecule has 1 N–H and O–H groups in total. The van der Waals surface area contributed by atoms with Gasteiger partial charge in [-0.3, -0.25) is 4.68 Å². The minimum absolute atomic E-state index is 0.691. The van der Waals surface area contributed by atoms with Gasteiger partial charge in [0.1, 0.15) is 6.33 Å². The van der Waals surface area contributed by atoms with E-state index < -0.39 is 0 Å². The molecule has 1 heterocycles. The van der Waals surface area contributed by atoms with Crippen molar-refractivity contribution in [2.45, 2.75) is 58.7 Å². The van der Waals surface area contributed by atoms with Crippen LogP contribution >= 0.6 is 0 Å². The molecule has 1 fully saturated rings. The van der Waals surface area contributed by atoms with Crippen LogP contribution in [-0.2, 0) is 13.1 Å². The van der Waals surface area contributed by atoms with E-state index in [2.05, 4.69) is 29.2 Å². The molecule has 0 radical (unpaired) electrons. The summed E-state index contributed by atoms with van der Waals surface area (Å²) in [6.07, 6.45) is 6.99. The Hall–Kier alpha value is -0.900. The summed E-state index contributed by atoms with van der Waals surface area (Å²) >= 11 is 0. The molecule has 1 aromatic heterocycles. The van der Waals surface area contributed by atoms with E-state index in [0.29, 0.717) is 5.92 Å². The van der Waals surface area contributed by atoms with Gasteiger partial charge in [-0.2, -0.15) is 5.10 Å². The summed E-state index contributed by atoms with van der Waals surface area (Å²) in [4.78, 5) is 4.32. The van der Waals surface area contributed by atoms with Gasteiger partial charge in [0.15, 0.2) is 5.82 Å². The molecule has 1 aliphatic rings. The van der Waals surface area contributed by atoms with Crippen LogP contribution in [0.25, 0.3) is 0 Å². The van der Waals surface area contributed by atoms with Crippen molar-refractivity contribution in [3.63, 3.8) is 0 Å². The van der Waals surface area contributed by atoms with Crippen LogP contribution in [0.3, 0.4) is 0 Å². The van der Waals surface area contributed by atoms with Crippen LogP contribution in [-0.4, -0.2) is 20.8 Å². The van der Waals surface area contributed by atoms with Crippen molar-refractivity contribution in [1.29, 1.82) is 0 Å². The molecule has 1 saturated carbocycles. The number of rotatable bonds is 7. The molecule has 4 heteroatoms. The molecule has 0 amide bonds. The fraction of sp³-hybridized carbons (Fsp3) is 0.833. The van der Waals surface area contributed by atoms with Gasteiger partial charge in [-0.15, -0.1) is 0 Å². The van der Waals surface area contributed by atoms with Gasteiger partial charge in [-0.1, -0.05) is 20.3 Å². The molecule has 0 saturated heterocycles. The van der Waals surface area contributed by atoms with Crippen molar-refractivity contribution >= 4 is 0 Å². The summed E-state index contributed by atoms with van der Waals surface area (Å²) in [6, 6.07) is 0.728. The number of hydrogen-bond acceptors (Lipinski definition) is 3. The zero-order chi connectivity index (χ0) is 11.4. The van der Waals surface area contributed by atoms with Gasteiger partial charge >= 0.3 is 0 Å². The zero-order valence-corrected chi connectivity index (χ0v) is 10.3. The van der Waals surface area contributed by atoms with Gasteiger partial charge < -0.3 is 5.32 Å². The summed E-state index contributed by atoms with van der Waals surface area (Å²) in [5.41, 5.74) is 0. The Kier molecular flexibility index (Phi) is 3.93. The molecule has 1 atom stereocenters. The molecule has 16 heavy (non-hydrogen) atoms. The van der Waals surface area contributed by atoms with Crippen LogP contribution in [0.5, 0.6) is 0 Å². The van der Waals surface area contributed by atoms with E-state index in [1.807, 2.05) is 11.0 Å². The van der Waals surface area contributed by atoms with Gasteiger partial charge in [0.05, 0.1) is 6.54 Å². The Morgan fingerprint density at radius 2 is 2.38 bits per heavy atom. The lowest BCUT2D eigenvalue weighted by atomic mass is 10.1. The molecule has 0 aromatic carbocycles. The standard InChI is InChI=1S/C12H22N4/c1-3-4-10(2)8-16-9-14-12(15-16)7-13-11-5-6-11/h9-11,13H,3-8H2,1-2H3. The quantitative estimate of drug-likeness (QED) is 0.767. The molecular formula is C12H22N4. The van der Waals surface area contributed by atoms with Crippen molar-refractivity contribution in [2.75, 3.05) is 0 Å². The summed E-state index contributed by atoms with van der Waals surface area (Å²) < 4.78 is 1.98. The summed E-state index contributed by atoms with van der Waals surface area (Å²) in [7, 11) is 0. The molecule has 0 bridgehead atoms.